The Morgan fingerprint density at radius 1 is 0.600 bits per heavy atom. The fourth-order valence-corrected chi connectivity index (χ4v) is 2.43. The van der Waals surface area contributed by atoms with E-state index in [1.807, 2.05) is 27.7 Å². The van der Waals surface area contributed by atoms with Gasteiger partial charge in [-0.2, -0.15) is 0 Å². The number of nitrogens with one attached hydrogen (secondary N) is 2. The quantitative estimate of drug-likeness (QED) is 0.302. The van der Waals surface area contributed by atoms with Gasteiger partial charge in [-0.05, 0) is 35.4 Å². The minimum Gasteiger partial charge on any atom is -0.504 e. The van der Waals surface area contributed by atoms with Crippen LogP contribution < -0.4 is 10.6 Å². The highest BCUT2D eigenvalue weighted by atomic mass is 16.3. The predicted molar refractivity (Wildman–Crippen MR) is 116 cm³/mol. The first-order valence-electron chi connectivity index (χ1n) is 9.87. The van der Waals surface area contributed by atoms with Crippen molar-refractivity contribution in [3.05, 3.63) is 47.5 Å². The summed E-state index contributed by atoms with van der Waals surface area (Å²) in [6.45, 7) is 8.79. The highest BCUT2D eigenvalue weighted by molar-refractivity contribution is 5.42. The second kappa shape index (κ2) is 12.2. The van der Waals surface area contributed by atoms with Gasteiger partial charge in [0.05, 0.1) is 12.2 Å². The van der Waals surface area contributed by atoms with Crippen LogP contribution in [-0.4, -0.2) is 55.8 Å². The summed E-state index contributed by atoms with van der Waals surface area (Å²) in [5.41, 5.74) is 1.16. The molecule has 0 aromatic heterocycles. The van der Waals surface area contributed by atoms with Gasteiger partial charge >= 0.3 is 0 Å². The third kappa shape index (κ3) is 8.87. The molecule has 8 nitrogen and oxygen atoms in total. The largest absolute Gasteiger partial charge is 0.504 e. The Balaban J connectivity index is 0.000000300. The molecule has 0 aliphatic rings. The molecule has 30 heavy (non-hydrogen) atoms. The molecule has 2 atom stereocenters. The van der Waals surface area contributed by atoms with Crippen molar-refractivity contribution in [2.75, 3.05) is 13.1 Å². The van der Waals surface area contributed by atoms with E-state index in [4.69, 9.17) is 10.2 Å². The summed E-state index contributed by atoms with van der Waals surface area (Å²) in [5.74, 6) is -0.780. The van der Waals surface area contributed by atoms with E-state index in [2.05, 4.69) is 10.6 Å². The number of aromatic hydroxyl groups is 4. The Hall–Kier alpha value is -2.52. The van der Waals surface area contributed by atoms with Crippen LogP contribution >= 0.6 is 0 Å². The van der Waals surface area contributed by atoms with Crippen LogP contribution in [0.1, 0.15) is 51.0 Å². The fourth-order valence-electron chi connectivity index (χ4n) is 2.43. The summed E-state index contributed by atoms with van der Waals surface area (Å²) in [4.78, 5) is 0. The first-order chi connectivity index (χ1) is 14.0. The van der Waals surface area contributed by atoms with Crippen molar-refractivity contribution in [1.82, 2.24) is 10.6 Å². The van der Waals surface area contributed by atoms with Gasteiger partial charge in [0.25, 0.3) is 0 Å². The molecule has 0 spiro atoms. The predicted octanol–water partition coefficient (Wildman–Crippen LogP) is 2.26. The molecule has 2 aromatic carbocycles. The van der Waals surface area contributed by atoms with Crippen molar-refractivity contribution < 1.29 is 30.6 Å². The van der Waals surface area contributed by atoms with Gasteiger partial charge in [-0.3, -0.25) is 0 Å². The molecular formula is C22H34N2O6. The van der Waals surface area contributed by atoms with Crippen LogP contribution in [0.4, 0.5) is 0 Å². The zero-order valence-corrected chi connectivity index (χ0v) is 17.9. The number of aliphatic hydroxyl groups excluding tert-OH is 2. The molecule has 0 saturated heterocycles. The zero-order valence-electron chi connectivity index (χ0n) is 17.9. The van der Waals surface area contributed by atoms with Gasteiger partial charge in [-0.1, -0.05) is 39.8 Å². The summed E-state index contributed by atoms with van der Waals surface area (Å²) in [7, 11) is 0. The van der Waals surface area contributed by atoms with Gasteiger partial charge in [-0.25, -0.2) is 0 Å². The molecule has 0 heterocycles. The van der Waals surface area contributed by atoms with Crippen LogP contribution in [0.25, 0.3) is 0 Å². The Kier molecular flexibility index (Phi) is 10.4. The summed E-state index contributed by atoms with van der Waals surface area (Å²) in [6.07, 6.45) is -1.36. The molecule has 0 amide bonds. The summed E-state index contributed by atoms with van der Waals surface area (Å²) >= 11 is 0. The van der Waals surface area contributed by atoms with Crippen LogP contribution in [0.2, 0.25) is 0 Å². The third-order valence-electron chi connectivity index (χ3n) is 4.21. The van der Waals surface area contributed by atoms with Gasteiger partial charge in [0.2, 0.25) is 0 Å². The molecule has 2 unspecified atom stereocenters. The zero-order chi connectivity index (χ0) is 22.8. The second-order valence-electron chi connectivity index (χ2n) is 7.65. The van der Waals surface area contributed by atoms with Crippen LogP contribution in [0.5, 0.6) is 23.0 Å². The number of benzene rings is 2. The van der Waals surface area contributed by atoms with E-state index in [-0.39, 0.29) is 23.0 Å². The summed E-state index contributed by atoms with van der Waals surface area (Å²) in [6, 6.07) is 9.22. The first-order valence-corrected chi connectivity index (χ1v) is 9.87. The number of phenols is 4. The Bertz CT molecular complexity index is 717. The van der Waals surface area contributed by atoms with Gasteiger partial charge in [0.1, 0.15) is 0 Å². The van der Waals surface area contributed by atoms with Crippen molar-refractivity contribution >= 4 is 0 Å². The maximum atomic E-state index is 9.73. The molecule has 0 bridgehead atoms. The van der Waals surface area contributed by atoms with E-state index in [0.29, 0.717) is 36.3 Å². The molecule has 168 valence electrons. The molecule has 8 heteroatoms. The normalized spacial score (nSPS) is 13.1. The number of phenolic OH excluding ortho intramolecular Hbond substituents is 4. The standard InChI is InChI=1S/2C11H17NO3/c2*1-7(2)12-6-11(15)8-3-4-9(13)10(14)5-8/h2*3-5,7,11-15H,6H2,1-2H3. The number of aliphatic hydroxyl groups is 2. The number of hydrogen-bond acceptors (Lipinski definition) is 8. The highest BCUT2D eigenvalue weighted by Crippen LogP contribution is 2.28. The smallest absolute Gasteiger partial charge is 0.157 e. The van der Waals surface area contributed by atoms with Gasteiger partial charge in [-0.15, -0.1) is 0 Å². The van der Waals surface area contributed by atoms with E-state index in [0.717, 1.165) is 0 Å². The van der Waals surface area contributed by atoms with E-state index in [9.17, 15) is 20.4 Å². The lowest BCUT2D eigenvalue weighted by Crippen LogP contribution is -2.27. The molecule has 2 aromatic rings. The second-order valence-corrected chi connectivity index (χ2v) is 7.65. The van der Waals surface area contributed by atoms with Crippen molar-refractivity contribution in [1.29, 1.82) is 0 Å². The SMILES string of the molecule is CC(C)NCC(O)c1ccc(O)c(O)c1.CC(C)NCC(O)c1ccc(O)c(O)c1. The molecule has 0 radical (unpaired) electrons. The van der Waals surface area contributed by atoms with Gasteiger partial charge in [0.15, 0.2) is 23.0 Å². The Labute approximate surface area is 177 Å². The van der Waals surface area contributed by atoms with Crippen molar-refractivity contribution in [2.24, 2.45) is 0 Å². The maximum Gasteiger partial charge on any atom is 0.157 e. The number of hydrogen-bond donors (Lipinski definition) is 8. The molecule has 0 aliphatic heterocycles. The van der Waals surface area contributed by atoms with Crippen molar-refractivity contribution in [2.45, 2.75) is 52.0 Å². The number of rotatable bonds is 8. The van der Waals surface area contributed by atoms with Crippen molar-refractivity contribution in [3.8, 4) is 23.0 Å². The minimum absolute atomic E-state index is 0.178. The Morgan fingerprint density at radius 2 is 0.933 bits per heavy atom. The summed E-state index contributed by atoms with van der Waals surface area (Å²) < 4.78 is 0. The highest BCUT2D eigenvalue weighted by Gasteiger charge is 2.11. The van der Waals surface area contributed by atoms with Crippen LogP contribution in [0.3, 0.4) is 0 Å². The Morgan fingerprint density at radius 3 is 1.20 bits per heavy atom. The van der Waals surface area contributed by atoms with Crippen LogP contribution in [0, 0.1) is 0 Å². The third-order valence-corrected chi connectivity index (χ3v) is 4.21. The summed E-state index contributed by atoms with van der Waals surface area (Å²) in [5, 5.41) is 62.3. The average Bonchev–Trinajstić information content (AvgIpc) is 2.68. The lowest BCUT2D eigenvalue weighted by molar-refractivity contribution is 0.171. The monoisotopic (exact) mass is 422 g/mol. The van der Waals surface area contributed by atoms with Crippen LogP contribution in [0.15, 0.2) is 36.4 Å². The topological polar surface area (TPSA) is 145 Å². The van der Waals surface area contributed by atoms with E-state index < -0.39 is 12.2 Å². The van der Waals surface area contributed by atoms with Crippen molar-refractivity contribution in [3.63, 3.8) is 0 Å². The molecule has 8 N–H and O–H groups in total. The molecular weight excluding hydrogens is 388 g/mol. The lowest BCUT2D eigenvalue weighted by Gasteiger charge is -2.14. The maximum absolute atomic E-state index is 9.73. The molecule has 0 saturated carbocycles. The minimum atomic E-state index is -0.682. The molecule has 0 aliphatic carbocycles. The van der Waals surface area contributed by atoms with Gasteiger partial charge in [0, 0.05) is 25.2 Å². The van der Waals surface area contributed by atoms with E-state index >= 15 is 0 Å². The fraction of sp³-hybridized carbons (Fsp3) is 0.455. The lowest BCUT2D eigenvalue weighted by atomic mass is 10.1. The van der Waals surface area contributed by atoms with E-state index in [1.54, 1.807) is 12.1 Å². The molecule has 0 fully saturated rings. The van der Waals surface area contributed by atoms with E-state index in [1.165, 1.54) is 24.3 Å². The average molecular weight is 423 g/mol. The molecule has 2 rings (SSSR count). The first kappa shape index (κ1) is 25.5. The van der Waals surface area contributed by atoms with Crippen LogP contribution in [-0.2, 0) is 0 Å². The van der Waals surface area contributed by atoms with Gasteiger partial charge < -0.3 is 41.3 Å².